The van der Waals surface area contributed by atoms with E-state index in [2.05, 4.69) is 24.3 Å². The molecule has 206 valence electrons. The van der Waals surface area contributed by atoms with Gasteiger partial charge in [-0.2, -0.15) is 5.10 Å². The minimum atomic E-state index is -9.94. The smallest absolute Gasteiger partial charge is 0.310 e. The number of rotatable bonds is 5. The number of nitrogens with one attached hydrogen (secondary N) is 1. The molecular formula is C26H34F5N3O2S. The van der Waals surface area contributed by atoms with Gasteiger partial charge in [-0.05, 0) is 57.0 Å². The first-order valence-corrected chi connectivity index (χ1v) is 14.3. The van der Waals surface area contributed by atoms with Gasteiger partial charge in [0.25, 0.3) is 5.91 Å². The Hall–Kier alpha value is -2.66. The quantitative estimate of drug-likeness (QED) is 0.313. The molecule has 0 aliphatic heterocycles. The topological polar surface area (TPSA) is 67.2 Å². The highest BCUT2D eigenvalue weighted by molar-refractivity contribution is 8.45. The van der Waals surface area contributed by atoms with E-state index in [1.165, 1.54) is 26.7 Å². The Bertz CT molecular complexity index is 1280. The number of amides is 1. The fourth-order valence-electron chi connectivity index (χ4n) is 4.30. The molecule has 0 radical (unpaired) electrons. The zero-order valence-electron chi connectivity index (χ0n) is 21.4. The number of halogens is 5. The van der Waals surface area contributed by atoms with Crippen molar-refractivity contribution in [1.82, 2.24) is 9.78 Å². The Balaban J connectivity index is 0.00000121. The van der Waals surface area contributed by atoms with Gasteiger partial charge in [0.05, 0.1) is 17.2 Å². The molecule has 1 fully saturated rings. The number of nitrogens with zero attached hydrogens (tertiary/aromatic N) is 2. The molecule has 2 N–H and O–H groups in total. The number of hydrogen-bond acceptors (Lipinski definition) is 3. The van der Waals surface area contributed by atoms with Gasteiger partial charge >= 0.3 is 10.2 Å². The van der Waals surface area contributed by atoms with E-state index in [0.29, 0.717) is 16.5 Å². The average molecular weight is 548 g/mol. The molecule has 1 heterocycles. The second-order valence-corrected chi connectivity index (χ2v) is 12.5. The number of fused-ring (bicyclic) bond motifs is 1. The second kappa shape index (κ2) is 9.58. The predicted octanol–water partition coefficient (Wildman–Crippen LogP) is 9.09. The maximum Gasteiger partial charge on any atom is 0.310 e. The van der Waals surface area contributed by atoms with Crippen LogP contribution in [-0.4, -0.2) is 20.8 Å². The lowest BCUT2D eigenvalue weighted by molar-refractivity contribution is 0.0793. The van der Waals surface area contributed by atoms with Crippen LogP contribution >= 0.6 is 10.2 Å². The van der Waals surface area contributed by atoms with Crippen molar-refractivity contribution >= 4 is 32.7 Å². The van der Waals surface area contributed by atoms with E-state index in [9.17, 15) is 29.3 Å². The van der Waals surface area contributed by atoms with Gasteiger partial charge in [0.2, 0.25) is 0 Å². The molecule has 1 aromatic heterocycles. The molecule has 3 aromatic rings. The van der Waals surface area contributed by atoms with E-state index in [-0.39, 0.29) is 23.9 Å². The molecule has 1 aliphatic rings. The van der Waals surface area contributed by atoms with E-state index in [4.69, 9.17) is 0 Å². The number of anilines is 1. The lowest BCUT2D eigenvalue weighted by atomic mass is 9.95. The third kappa shape index (κ3) is 7.22. The maximum atomic E-state index is 13.2. The van der Waals surface area contributed by atoms with Gasteiger partial charge in [-0.1, -0.05) is 65.0 Å². The first-order chi connectivity index (χ1) is 16.9. The fourth-order valence-corrected chi connectivity index (χ4v) is 4.99. The Morgan fingerprint density at radius 1 is 1.08 bits per heavy atom. The molecular weight excluding hydrogens is 513 g/mol. The highest BCUT2D eigenvalue weighted by Gasteiger charge is 2.65. The first-order valence-electron chi connectivity index (χ1n) is 12.3. The summed E-state index contributed by atoms with van der Waals surface area (Å²) in [5.74, 6) is -1.01. The Morgan fingerprint density at radius 2 is 1.70 bits per heavy atom. The summed E-state index contributed by atoms with van der Waals surface area (Å²) >= 11 is 0. The van der Waals surface area contributed by atoms with Crippen LogP contribution in [-0.2, 0) is 5.60 Å². The molecule has 1 saturated carbocycles. The van der Waals surface area contributed by atoms with Crippen LogP contribution in [0.1, 0.15) is 88.2 Å². The minimum absolute atomic E-state index is 0.139. The molecule has 0 unspecified atom stereocenters. The number of carbonyl (C=O) groups excluding carboxylic acids is 1. The van der Waals surface area contributed by atoms with E-state index >= 15 is 0 Å². The first kappa shape index (κ1) is 28.9. The van der Waals surface area contributed by atoms with Crippen molar-refractivity contribution in [2.75, 3.05) is 5.32 Å². The zero-order chi connectivity index (χ0) is 27.7. The second-order valence-electron chi connectivity index (χ2n) is 10.1. The third-order valence-corrected chi connectivity index (χ3v) is 7.20. The van der Waals surface area contributed by atoms with Crippen LogP contribution < -0.4 is 5.32 Å². The Kier molecular flexibility index (Phi) is 7.48. The SMILES string of the molecule is CC(C)(O)c1cc2nn(C3CCCCC3)cc2cc1NC(=O)c1cccc(S(F)(F)(F)(F)F)c1.CCC. The van der Waals surface area contributed by atoms with E-state index in [0.717, 1.165) is 37.8 Å². The molecule has 1 amide bonds. The summed E-state index contributed by atoms with van der Waals surface area (Å²) in [5, 5.41) is 18.4. The molecule has 0 bridgehead atoms. The standard InChI is InChI=1S/C23H26F5N3O2S.C3H8/c1-23(2,33)19-13-20-16(14-31(30-20)17-8-4-3-5-9-17)12-21(19)29-22(32)15-7-6-10-18(11-15)34(24,25,26,27)28;1-3-2/h6-7,10-14,17,33H,3-5,8-9H2,1-2H3,(H,29,32);3H2,1-2H3. The van der Waals surface area contributed by atoms with Crippen molar-refractivity contribution in [3.63, 3.8) is 0 Å². The van der Waals surface area contributed by atoms with E-state index in [1.54, 1.807) is 12.1 Å². The summed E-state index contributed by atoms with van der Waals surface area (Å²) in [5.41, 5.74) is -0.942. The third-order valence-electron chi connectivity index (χ3n) is 6.06. The number of hydrogen-bond donors (Lipinski definition) is 2. The molecule has 0 atom stereocenters. The van der Waals surface area contributed by atoms with Crippen molar-refractivity contribution < 1.29 is 29.3 Å². The van der Waals surface area contributed by atoms with Gasteiger partial charge in [0, 0.05) is 28.4 Å². The number of aromatic nitrogens is 2. The minimum Gasteiger partial charge on any atom is -0.386 e. The molecule has 4 rings (SSSR count). The van der Waals surface area contributed by atoms with Gasteiger partial charge < -0.3 is 10.4 Å². The summed E-state index contributed by atoms with van der Waals surface area (Å²) in [6.07, 6.45) is 8.48. The summed E-state index contributed by atoms with van der Waals surface area (Å²) in [7, 11) is -9.94. The molecule has 11 heteroatoms. The van der Waals surface area contributed by atoms with Gasteiger partial charge in [-0.15, -0.1) is 0 Å². The summed E-state index contributed by atoms with van der Waals surface area (Å²) in [6, 6.07) is 5.62. The zero-order valence-corrected chi connectivity index (χ0v) is 22.2. The largest absolute Gasteiger partial charge is 0.386 e. The molecule has 5 nitrogen and oxygen atoms in total. The van der Waals surface area contributed by atoms with Crippen molar-refractivity contribution in [1.29, 1.82) is 0 Å². The van der Waals surface area contributed by atoms with Crippen molar-refractivity contribution in [3.05, 3.63) is 53.7 Å². The van der Waals surface area contributed by atoms with Crippen molar-refractivity contribution in [2.45, 2.75) is 82.8 Å². The number of aliphatic hydroxyl groups is 1. The van der Waals surface area contributed by atoms with Gasteiger partial charge in [0.1, 0.15) is 4.90 Å². The van der Waals surface area contributed by atoms with Gasteiger partial charge in [-0.25, -0.2) is 0 Å². The van der Waals surface area contributed by atoms with Crippen LogP contribution in [0.4, 0.5) is 25.1 Å². The highest BCUT2D eigenvalue weighted by atomic mass is 32.5. The van der Waals surface area contributed by atoms with Crippen molar-refractivity contribution in [3.8, 4) is 0 Å². The van der Waals surface area contributed by atoms with Crippen LogP contribution in [0.5, 0.6) is 0 Å². The van der Waals surface area contributed by atoms with Crippen LogP contribution in [0.15, 0.2) is 47.5 Å². The summed E-state index contributed by atoms with van der Waals surface area (Å²) < 4.78 is 67.8. The lowest BCUT2D eigenvalue weighted by Gasteiger charge is -2.40. The van der Waals surface area contributed by atoms with Crippen LogP contribution in [0, 0.1) is 0 Å². The van der Waals surface area contributed by atoms with E-state index < -0.39 is 32.2 Å². The van der Waals surface area contributed by atoms with Crippen molar-refractivity contribution in [2.24, 2.45) is 0 Å². The van der Waals surface area contributed by atoms with Crippen LogP contribution in [0.25, 0.3) is 10.9 Å². The fraction of sp³-hybridized carbons (Fsp3) is 0.462. The normalized spacial score (nSPS) is 16.9. The van der Waals surface area contributed by atoms with Crippen LogP contribution in [0.3, 0.4) is 0 Å². The molecule has 0 spiro atoms. The predicted molar refractivity (Wildman–Crippen MR) is 139 cm³/mol. The summed E-state index contributed by atoms with van der Waals surface area (Å²) in [4.78, 5) is 10.6. The Labute approximate surface area is 213 Å². The van der Waals surface area contributed by atoms with Gasteiger partial charge in [0.15, 0.2) is 0 Å². The number of carbonyl (C=O) groups is 1. The summed E-state index contributed by atoms with van der Waals surface area (Å²) in [6.45, 7) is 7.24. The monoisotopic (exact) mass is 547 g/mol. The molecule has 2 aromatic carbocycles. The van der Waals surface area contributed by atoms with Crippen LogP contribution in [0.2, 0.25) is 0 Å². The lowest BCUT2D eigenvalue weighted by Crippen LogP contribution is -2.21. The molecule has 0 saturated heterocycles. The number of benzene rings is 2. The van der Waals surface area contributed by atoms with Gasteiger partial charge in [-0.3, -0.25) is 9.48 Å². The van der Waals surface area contributed by atoms with E-state index in [1.807, 2.05) is 10.9 Å². The molecule has 37 heavy (non-hydrogen) atoms. The highest BCUT2D eigenvalue weighted by Crippen LogP contribution is 3.02. The Morgan fingerprint density at radius 3 is 2.27 bits per heavy atom. The average Bonchev–Trinajstić information content (AvgIpc) is 3.21. The molecule has 1 aliphatic carbocycles. The maximum absolute atomic E-state index is 13.2.